The van der Waals surface area contributed by atoms with Crippen LogP contribution in [0.1, 0.15) is 0 Å². The topological polar surface area (TPSA) is 38.7 Å². The summed E-state index contributed by atoms with van der Waals surface area (Å²) in [6.07, 6.45) is 3.48. The van der Waals surface area contributed by atoms with Gasteiger partial charge in [-0.25, -0.2) is 15.0 Å². The van der Waals surface area contributed by atoms with Gasteiger partial charge in [0.25, 0.3) is 0 Å². The molecule has 14 heavy (non-hydrogen) atoms. The summed E-state index contributed by atoms with van der Waals surface area (Å²) in [5, 5.41) is 1.91. The van der Waals surface area contributed by atoms with Gasteiger partial charge in [-0.15, -0.1) is 0 Å². The first-order valence-electron chi connectivity index (χ1n) is 3.74. The predicted octanol–water partition coefficient (Wildman–Crippen LogP) is 3.05. The molecule has 0 aliphatic heterocycles. The van der Waals surface area contributed by atoms with Crippen molar-refractivity contribution in [1.29, 1.82) is 0 Å². The minimum Gasteiger partial charge on any atom is -0.244 e. The van der Waals surface area contributed by atoms with E-state index in [-0.39, 0.29) is 0 Å². The van der Waals surface area contributed by atoms with Crippen molar-refractivity contribution < 1.29 is 0 Å². The first-order chi connectivity index (χ1) is 6.72. The lowest BCUT2D eigenvalue weighted by atomic mass is 10.3. The van der Waals surface area contributed by atoms with Crippen LogP contribution in [0.2, 0.25) is 10.3 Å². The molecule has 0 saturated carbocycles. The van der Waals surface area contributed by atoms with Gasteiger partial charge in [-0.05, 0) is 12.3 Å². The summed E-state index contributed by atoms with van der Waals surface area (Å²) in [7, 11) is 0. The molecule has 72 valence electrons. The van der Waals surface area contributed by atoms with E-state index in [0.29, 0.717) is 26.4 Å². The number of rotatable bonds is 1. The van der Waals surface area contributed by atoms with E-state index in [2.05, 4.69) is 15.0 Å². The predicted molar refractivity (Wildman–Crippen MR) is 59.1 cm³/mol. The highest BCUT2D eigenvalue weighted by Crippen LogP contribution is 2.27. The molecule has 0 N–H and O–H groups in total. The molecule has 0 aliphatic rings. The van der Waals surface area contributed by atoms with Gasteiger partial charge in [0, 0.05) is 6.20 Å². The molecule has 2 aromatic rings. The second-order valence-electron chi connectivity index (χ2n) is 2.50. The Hall–Kier alpha value is -0.580. The van der Waals surface area contributed by atoms with E-state index in [9.17, 15) is 0 Å². The molecule has 2 aromatic heterocycles. The fourth-order valence-electron chi connectivity index (χ4n) is 1.07. The minimum absolute atomic E-state index is 0.333. The number of hydrogen-bond acceptors (Lipinski definition) is 4. The number of thioether (sulfide) groups is 1. The third-order valence-electron chi connectivity index (χ3n) is 1.68. The van der Waals surface area contributed by atoms with Crippen molar-refractivity contribution in [2.24, 2.45) is 0 Å². The lowest BCUT2D eigenvalue weighted by Crippen LogP contribution is -1.90. The summed E-state index contributed by atoms with van der Waals surface area (Å²) in [6, 6.07) is 1.76. The van der Waals surface area contributed by atoms with Gasteiger partial charge in [-0.2, -0.15) is 0 Å². The molecule has 0 radical (unpaired) electrons. The molecular formula is C8H5Cl2N3S. The smallest absolute Gasteiger partial charge is 0.189 e. The molecule has 2 rings (SSSR count). The van der Waals surface area contributed by atoms with Crippen molar-refractivity contribution in [1.82, 2.24) is 15.0 Å². The normalized spacial score (nSPS) is 10.8. The van der Waals surface area contributed by atoms with Crippen molar-refractivity contribution in [2.75, 3.05) is 6.26 Å². The third kappa shape index (κ3) is 1.65. The van der Waals surface area contributed by atoms with Gasteiger partial charge in [0.2, 0.25) is 0 Å². The van der Waals surface area contributed by atoms with Crippen LogP contribution in [0.4, 0.5) is 0 Å². The Morgan fingerprint density at radius 1 is 1.21 bits per heavy atom. The molecule has 0 atom stereocenters. The standard InChI is InChI=1S/C8H5Cl2N3S/c1-14-8-12-4-2-3-11-6(9)5(4)7(10)13-8/h2-3H,1H3. The maximum absolute atomic E-state index is 5.96. The van der Waals surface area contributed by atoms with E-state index in [1.54, 1.807) is 12.3 Å². The Morgan fingerprint density at radius 2 is 2.00 bits per heavy atom. The van der Waals surface area contributed by atoms with Crippen LogP contribution in [0.15, 0.2) is 17.4 Å². The van der Waals surface area contributed by atoms with E-state index in [4.69, 9.17) is 23.2 Å². The van der Waals surface area contributed by atoms with Crippen LogP contribution in [0, 0.1) is 0 Å². The fourth-order valence-corrected chi connectivity index (χ4v) is 2.05. The molecule has 0 saturated heterocycles. The summed E-state index contributed by atoms with van der Waals surface area (Å²) in [4.78, 5) is 12.2. The molecular weight excluding hydrogens is 241 g/mol. The number of aromatic nitrogens is 3. The minimum atomic E-state index is 0.333. The summed E-state index contributed by atoms with van der Waals surface area (Å²) in [5.74, 6) is 0. The zero-order valence-electron chi connectivity index (χ0n) is 7.16. The quantitative estimate of drug-likeness (QED) is 0.335. The number of hydrogen-bond donors (Lipinski definition) is 0. The van der Waals surface area contributed by atoms with Crippen LogP contribution in [-0.2, 0) is 0 Å². The average molecular weight is 246 g/mol. The molecule has 0 amide bonds. The zero-order chi connectivity index (χ0) is 10.1. The maximum Gasteiger partial charge on any atom is 0.189 e. The lowest BCUT2D eigenvalue weighted by molar-refractivity contribution is 1.00. The first-order valence-corrected chi connectivity index (χ1v) is 5.72. The second kappa shape index (κ2) is 3.88. The SMILES string of the molecule is CSc1nc(Cl)c2c(Cl)nccc2n1. The highest BCUT2D eigenvalue weighted by atomic mass is 35.5. The first kappa shape index (κ1) is 9.96. The van der Waals surface area contributed by atoms with Crippen molar-refractivity contribution in [3.8, 4) is 0 Å². The number of halogens is 2. The molecule has 0 spiro atoms. The Balaban J connectivity index is 2.83. The van der Waals surface area contributed by atoms with Crippen LogP contribution in [0.3, 0.4) is 0 Å². The Labute approximate surface area is 94.9 Å². The van der Waals surface area contributed by atoms with Crippen molar-refractivity contribution in [2.45, 2.75) is 5.16 Å². The largest absolute Gasteiger partial charge is 0.244 e. The maximum atomic E-state index is 5.96. The van der Waals surface area contributed by atoms with E-state index in [0.717, 1.165) is 0 Å². The van der Waals surface area contributed by atoms with Crippen LogP contribution in [0.25, 0.3) is 10.9 Å². The lowest BCUT2D eigenvalue weighted by Gasteiger charge is -2.02. The van der Waals surface area contributed by atoms with E-state index in [1.807, 2.05) is 6.26 Å². The Bertz CT molecular complexity index is 489. The monoisotopic (exact) mass is 245 g/mol. The molecule has 3 nitrogen and oxygen atoms in total. The van der Waals surface area contributed by atoms with Gasteiger partial charge < -0.3 is 0 Å². The molecule has 0 aromatic carbocycles. The van der Waals surface area contributed by atoms with Gasteiger partial charge >= 0.3 is 0 Å². The van der Waals surface area contributed by atoms with Crippen LogP contribution < -0.4 is 0 Å². The Morgan fingerprint density at radius 3 is 2.71 bits per heavy atom. The highest BCUT2D eigenvalue weighted by Gasteiger charge is 2.08. The third-order valence-corrected chi connectivity index (χ3v) is 2.79. The number of fused-ring (bicyclic) bond motifs is 1. The summed E-state index contributed by atoms with van der Waals surface area (Å²) < 4.78 is 0. The average Bonchev–Trinajstić information content (AvgIpc) is 2.17. The molecule has 0 aliphatic carbocycles. The van der Waals surface area contributed by atoms with E-state index >= 15 is 0 Å². The number of pyridine rings is 1. The summed E-state index contributed by atoms with van der Waals surface area (Å²) in [6.45, 7) is 0. The molecule has 0 bridgehead atoms. The van der Waals surface area contributed by atoms with Crippen LogP contribution in [0.5, 0.6) is 0 Å². The van der Waals surface area contributed by atoms with Crippen molar-refractivity contribution >= 4 is 45.9 Å². The summed E-state index contributed by atoms with van der Waals surface area (Å²) >= 11 is 13.3. The fraction of sp³-hybridized carbons (Fsp3) is 0.125. The van der Waals surface area contributed by atoms with Gasteiger partial charge in [0.1, 0.15) is 10.3 Å². The van der Waals surface area contributed by atoms with Crippen molar-refractivity contribution in [3.63, 3.8) is 0 Å². The Kier molecular flexibility index (Phi) is 2.76. The van der Waals surface area contributed by atoms with Crippen molar-refractivity contribution in [3.05, 3.63) is 22.6 Å². The molecule has 0 unspecified atom stereocenters. The van der Waals surface area contributed by atoms with Gasteiger partial charge in [-0.1, -0.05) is 35.0 Å². The molecule has 2 heterocycles. The zero-order valence-corrected chi connectivity index (χ0v) is 9.49. The number of nitrogens with zero attached hydrogens (tertiary/aromatic N) is 3. The van der Waals surface area contributed by atoms with Crippen LogP contribution >= 0.6 is 35.0 Å². The van der Waals surface area contributed by atoms with Gasteiger partial charge in [0.05, 0.1) is 10.9 Å². The summed E-state index contributed by atoms with van der Waals surface area (Å²) in [5.41, 5.74) is 0.717. The molecule has 0 fully saturated rings. The van der Waals surface area contributed by atoms with Crippen LogP contribution in [-0.4, -0.2) is 21.2 Å². The highest BCUT2D eigenvalue weighted by molar-refractivity contribution is 7.98. The van der Waals surface area contributed by atoms with E-state index < -0.39 is 0 Å². The van der Waals surface area contributed by atoms with Gasteiger partial charge in [-0.3, -0.25) is 0 Å². The van der Waals surface area contributed by atoms with E-state index in [1.165, 1.54) is 11.8 Å². The second-order valence-corrected chi connectivity index (χ2v) is 3.99. The molecule has 6 heteroatoms. The van der Waals surface area contributed by atoms with Gasteiger partial charge in [0.15, 0.2) is 5.16 Å².